The van der Waals surface area contributed by atoms with E-state index in [2.05, 4.69) is 11.1 Å². The lowest BCUT2D eigenvalue weighted by atomic mass is 10.2. The van der Waals surface area contributed by atoms with Gasteiger partial charge in [-0.15, -0.1) is 11.8 Å². The Labute approximate surface area is 166 Å². The molecule has 0 unspecified atom stereocenters. The number of nitrogens with zero attached hydrogens (tertiary/aromatic N) is 4. The SMILES string of the molecule is CSc1ccc(C(=O)N2CCN(c3oc(-c4ccco4)nc3C#N)CC2)cc1. The van der Waals surface area contributed by atoms with Gasteiger partial charge in [-0.3, -0.25) is 4.79 Å². The lowest BCUT2D eigenvalue weighted by Crippen LogP contribution is -2.48. The fraction of sp³-hybridized carbons (Fsp3) is 0.250. The quantitative estimate of drug-likeness (QED) is 0.626. The normalized spacial score (nSPS) is 14.1. The van der Waals surface area contributed by atoms with Gasteiger partial charge in [-0.1, -0.05) is 0 Å². The summed E-state index contributed by atoms with van der Waals surface area (Å²) in [5.74, 6) is 1.20. The summed E-state index contributed by atoms with van der Waals surface area (Å²) >= 11 is 1.65. The molecule has 0 spiro atoms. The van der Waals surface area contributed by atoms with E-state index in [1.165, 1.54) is 6.26 Å². The third-order valence-electron chi connectivity index (χ3n) is 4.64. The third-order valence-corrected chi connectivity index (χ3v) is 5.38. The van der Waals surface area contributed by atoms with Crippen LogP contribution in [0.5, 0.6) is 0 Å². The van der Waals surface area contributed by atoms with Crippen molar-refractivity contribution in [2.24, 2.45) is 0 Å². The Hall–Kier alpha value is -3.18. The fourth-order valence-corrected chi connectivity index (χ4v) is 3.54. The number of carbonyl (C=O) groups is 1. The number of rotatable bonds is 4. The molecule has 1 aliphatic heterocycles. The van der Waals surface area contributed by atoms with Crippen molar-refractivity contribution >= 4 is 23.6 Å². The first-order valence-electron chi connectivity index (χ1n) is 8.82. The van der Waals surface area contributed by atoms with Gasteiger partial charge < -0.3 is 18.6 Å². The Kier molecular flexibility index (Phi) is 5.08. The standard InChI is InChI=1S/C20H18N4O3S/c1-28-15-6-4-14(5-7-15)19(25)23-8-10-24(11-9-23)20-16(13-21)22-18(27-20)17-3-2-12-26-17/h2-7,12H,8-11H2,1H3. The van der Waals surface area contributed by atoms with E-state index in [0.717, 1.165) is 4.90 Å². The zero-order chi connectivity index (χ0) is 19.5. The van der Waals surface area contributed by atoms with Crippen LogP contribution in [0.25, 0.3) is 11.7 Å². The molecule has 8 heteroatoms. The lowest BCUT2D eigenvalue weighted by Gasteiger charge is -2.34. The number of amides is 1. The minimum Gasteiger partial charge on any atom is -0.459 e. The fourth-order valence-electron chi connectivity index (χ4n) is 3.13. The number of hydrogen-bond donors (Lipinski definition) is 0. The van der Waals surface area contributed by atoms with Crippen molar-refractivity contribution in [3.63, 3.8) is 0 Å². The molecule has 3 heterocycles. The van der Waals surface area contributed by atoms with Crippen molar-refractivity contribution in [2.45, 2.75) is 4.90 Å². The van der Waals surface area contributed by atoms with Crippen molar-refractivity contribution in [1.82, 2.24) is 9.88 Å². The minimum absolute atomic E-state index is 0.0154. The van der Waals surface area contributed by atoms with E-state index in [0.29, 0.717) is 43.4 Å². The highest BCUT2D eigenvalue weighted by atomic mass is 32.2. The summed E-state index contributed by atoms with van der Waals surface area (Å²) in [6, 6.07) is 13.2. The maximum absolute atomic E-state index is 12.7. The Bertz CT molecular complexity index is 997. The van der Waals surface area contributed by atoms with Crippen LogP contribution in [0.15, 0.2) is 56.4 Å². The van der Waals surface area contributed by atoms with Gasteiger partial charge in [0.2, 0.25) is 11.6 Å². The summed E-state index contributed by atoms with van der Waals surface area (Å²) in [5, 5.41) is 9.40. The molecule has 1 aliphatic rings. The summed E-state index contributed by atoms with van der Waals surface area (Å²) in [4.78, 5) is 21.8. The van der Waals surface area contributed by atoms with Gasteiger partial charge in [-0.2, -0.15) is 10.2 Å². The van der Waals surface area contributed by atoms with Crippen molar-refractivity contribution in [3.05, 3.63) is 53.9 Å². The topological polar surface area (TPSA) is 86.5 Å². The molecule has 0 aliphatic carbocycles. The maximum Gasteiger partial charge on any atom is 0.266 e. The van der Waals surface area contributed by atoms with Crippen LogP contribution < -0.4 is 4.90 Å². The van der Waals surface area contributed by atoms with Crippen LogP contribution in [-0.4, -0.2) is 48.2 Å². The zero-order valence-electron chi connectivity index (χ0n) is 15.3. The van der Waals surface area contributed by atoms with E-state index in [4.69, 9.17) is 8.83 Å². The Morgan fingerprint density at radius 3 is 2.54 bits per heavy atom. The molecular weight excluding hydrogens is 376 g/mol. The number of oxazole rings is 1. The van der Waals surface area contributed by atoms with Crippen LogP contribution >= 0.6 is 11.8 Å². The highest BCUT2D eigenvalue weighted by Crippen LogP contribution is 2.29. The van der Waals surface area contributed by atoms with Gasteiger partial charge >= 0.3 is 0 Å². The number of nitriles is 1. The molecule has 7 nitrogen and oxygen atoms in total. The molecule has 0 radical (unpaired) electrons. The second-order valence-electron chi connectivity index (χ2n) is 6.27. The molecule has 3 aromatic rings. The Morgan fingerprint density at radius 2 is 1.93 bits per heavy atom. The van der Waals surface area contributed by atoms with E-state index in [1.807, 2.05) is 40.3 Å². The van der Waals surface area contributed by atoms with Crippen molar-refractivity contribution in [2.75, 3.05) is 37.3 Å². The molecule has 1 saturated heterocycles. The van der Waals surface area contributed by atoms with Gasteiger partial charge in [0.05, 0.1) is 6.26 Å². The number of hydrogen-bond acceptors (Lipinski definition) is 7. The second-order valence-corrected chi connectivity index (χ2v) is 7.15. The molecule has 1 fully saturated rings. The van der Waals surface area contributed by atoms with Gasteiger partial charge in [-0.05, 0) is 42.7 Å². The molecule has 0 bridgehead atoms. The number of thioether (sulfide) groups is 1. The van der Waals surface area contributed by atoms with Crippen LogP contribution in [0.2, 0.25) is 0 Å². The molecule has 1 aromatic carbocycles. The molecule has 0 N–H and O–H groups in total. The monoisotopic (exact) mass is 394 g/mol. The molecule has 142 valence electrons. The predicted molar refractivity (Wildman–Crippen MR) is 105 cm³/mol. The average Bonchev–Trinajstić information content (AvgIpc) is 3.43. The molecule has 1 amide bonds. The van der Waals surface area contributed by atoms with Crippen LogP contribution in [-0.2, 0) is 0 Å². The first kappa shape index (κ1) is 18.2. The van der Waals surface area contributed by atoms with E-state index in [9.17, 15) is 10.1 Å². The first-order chi connectivity index (χ1) is 13.7. The lowest BCUT2D eigenvalue weighted by molar-refractivity contribution is 0.0745. The predicted octanol–water partition coefficient (Wildman–Crippen LogP) is 3.49. The Morgan fingerprint density at radius 1 is 1.18 bits per heavy atom. The van der Waals surface area contributed by atoms with Crippen LogP contribution in [0, 0.1) is 11.3 Å². The second kappa shape index (κ2) is 7.82. The van der Waals surface area contributed by atoms with E-state index < -0.39 is 0 Å². The average molecular weight is 394 g/mol. The van der Waals surface area contributed by atoms with Gasteiger partial charge in [0, 0.05) is 36.6 Å². The number of aromatic nitrogens is 1. The number of carbonyl (C=O) groups excluding carboxylic acids is 1. The van der Waals surface area contributed by atoms with Crippen molar-refractivity contribution < 1.29 is 13.6 Å². The molecule has 0 atom stereocenters. The minimum atomic E-state index is 0.0154. The van der Waals surface area contributed by atoms with E-state index >= 15 is 0 Å². The van der Waals surface area contributed by atoms with Crippen LogP contribution in [0.1, 0.15) is 16.1 Å². The number of benzene rings is 1. The smallest absolute Gasteiger partial charge is 0.266 e. The first-order valence-corrected chi connectivity index (χ1v) is 10.0. The summed E-state index contributed by atoms with van der Waals surface area (Å²) in [6.07, 6.45) is 3.54. The van der Waals surface area contributed by atoms with E-state index in [1.54, 1.807) is 23.9 Å². The van der Waals surface area contributed by atoms with Crippen molar-refractivity contribution in [3.8, 4) is 17.7 Å². The third kappa shape index (κ3) is 3.49. The van der Waals surface area contributed by atoms with Gasteiger partial charge in [0.1, 0.15) is 6.07 Å². The summed E-state index contributed by atoms with van der Waals surface area (Å²) < 4.78 is 11.1. The van der Waals surface area contributed by atoms with Crippen LogP contribution in [0.4, 0.5) is 5.88 Å². The van der Waals surface area contributed by atoms with Gasteiger partial charge in [-0.25, -0.2) is 0 Å². The zero-order valence-corrected chi connectivity index (χ0v) is 16.1. The maximum atomic E-state index is 12.7. The highest BCUT2D eigenvalue weighted by molar-refractivity contribution is 7.98. The number of piperazine rings is 1. The highest BCUT2D eigenvalue weighted by Gasteiger charge is 2.27. The summed E-state index contributed by atoms with van der Waals surface area (Å²) in [5.41, 5.74) is 0.905. The van der Waals surface area contributed by atoms with Gasteiger partial charge in [0.15, 0.2) is 5.76 Å². The summed E-state index contributed by atoms with van der Waals surface area (Å²) in [7, 11) is 0. The molecule has 0 saturated carbocycles. The van der Waals surface area contributed by atoms with Crippen molar-refractivity contribution in [1.29, 1.82) is 5.26 Å². The largest absolute Gasteiger partial charge is 0.459 e. The van der Waals surface area contributed by atoms with E-state index in [-0.39, 0.29) is 17.5 Å². The molecule has 2 aromatic heterocycles. The van der Waals surface area contributed by atoms with Crippen LogP contribution in [0.3, 0.4) is 0 Å². The molecule has 28 heavy (non-hydrogen) atoms. The number of anilines is 1. The number of furan rings is 1. The molecular formula is C20H18N4O3S. The van der Waals surface area contributed by atoms with Gasteiger partial charge in [0.25, 0.3) is 11.8 Å². The Balaban J connectivity index is 1.45. The molecule has 4 rings (SSSR count). The summed E-state index contributed by atoms with van der Waals surface area (Å²) in [6.45, 7) is 2.22.